The molecule has 2 fully saturated rings. The van der Waals surface area contributed by atoms with Gasteiger partial charge in [-0.1, -0.05) is 152 Å². The Labute approximate surface area is 364 Å². The van der Waals surface area contributed by atoms with Gasteiger partial charge < -0.3 is 28.1 Å². The van der Waals surface area contributed by atoms with Gasteiger partial charge in [0.25, 0.3) is 0 Å². The van der Waals surface area contributed by atoms with Crippen molar-refractivity contribution in [2.45, 2.75) is 194 Å². The Morgan fingerprint density at radius 1 is 0.400 bits per heavy atom. The number of rotatable bonds is 23. The van der Waals surface area contributed by atoms with Gasteiger partial charge in [-0.3, -0.25) is 0 Å². The van der Waals surface area contributed by atoms with Crippen molar-refractivity contribution in [2.75, 3.05) is 13.2 Å². The highest BCUT2D eigenvalue weighted by Crippen LogP contribution is 2.46. The minimum atomic E-state index is -0.447. The fraction of sp³-hybridized carbons (Fsp3) is 0.615. The van der Waals surface area contributed by atoms with Crippen LogP contribution in [0.5, 0.6) is 11.5 Å². The average Bonchev–Trinajstić information content (AvgIpc) is 3.58. The lowest BCUT2D eigenvalue weighted by molar-refractivity contribution is 0.00578. The van der Waals surface area contributed by atoms with Crippen molar-refractivity contribution < 1.29 is 28.1 Å². The molecule has 0 aromatic heterocycles. The molecule has 4 aromatic rings. The van der Waals surface area contributed by atoms with E-state index in [1.165, 1.54) is 89.9 Å². The first-order chi connectivity index (χ1) is 28.7. The minimum absolute atomic E-state index is 0.422. The Bertz CT molecular complexity index is 1830. The summed E-state index contributed by atoms with van der Waals surface area (Å²) in [6, 6.07) is 22.0. The number of hydrogen-bond donors (Lipinski definition) is 0. The third kappa shape index (κ3) is 10.9. The highest BCUT2D eigenvalue weighted by Gasteiger charge is 2.52. The third-order valence-corrected chi connectivity index (χ3v) is 13.8. The molecular formula is C52H76B2O6. The molecule has 326 valence electrons. The maximum atomic E-state index is 6.84. The smallest absolute Gasteiger partial charge is 0.493 e. The molecule has 0 N–H and O–H groups in total. The van der Waals surface area contributed by atoms with Crippen molar-refractivity contribution in [1.29, 1.82) is 0 Å². The standard InChI is InChI=1S/C52H76B2O6/c1-11-13-15-17-19-21-23-25-35-55-45-33-27-39-37-41(53-57-49(3,4)50(5,6)58-53)29-31-43(39)47(45)48-44-32-30-42(54-59-51(7,8)52(9,10)60-54)38-40(44)28-34-46(48)56-36-26-24-22-20-18-16-14-12-2/h27-34,37-38H,11-26,35-36H2,1-10H3. The van der Waals surface area contributed by atoms with Crippen LogP contribution in [-0.4, -0.2) is 49.9 Å². The Balaban J connectivity index is 1.37. The van der Waals surface area contributed by atoms with E-state index < -0.39 is 36.6 Å². The quantitative estimate of drug-likeness (QED) is 0.0549. The number of fused-ring (bicyclic) bond motifs is 2. The number of hydrogen-bond acceptors (Lipinski definition) is 6. The summed E-state index contributed by atoms with van der Waals surface area (Å²) >= 11 is 0. The van der Waals surface area contributed by atoms with Gasteiger partial charge in [0.1, 0.15) is 11.5 Å². The third-order valence-electron chi connectivity index (χ3n) is 13.8. The second-order valence-electron chi connectivity index (χ2n) is 19.7. The van der Waals surface area contributed by atoms with Crippen molar-refractivity contribution in [3.63, 3.8) is 0 Å². The van der Waals surface area contributed by atoms with E-state index >= 15 is 0 Å². The number of benzene rings is 4. The summed E-state index contributed by atoms with van der Waals surface area (Å²) in [4.78, 5) is 0. The minimum Gasteiger partial charge on any atom is -0.493 e. The molecule has 2 aliphatic rings. The van der Waals surface area contributed by atoms with Crippen molar-refractivity contribution >= 4 is 46.7 Å². The van der Waals surface area contributed by atoms with Crippen molar-refractivity contribution in [2.24, 2.45) is 0 Å². The van der Waals surface area contributed by atoms with Crippen LogP contribution in [0.1, 0.15) is 172 Å². The summed E-state index contributed by atoms with van der Waals surface area (Å²) < 4.78 is 39.7. The SMILES string of the molecule is CCCCCCCCCCOc1ccc2cc(B3OC(C)(C)C(C)(C)O3)ccc2c1-c1c(OCCCCCCCCCC)ccc2cc(B3OC(C)(C)C(C)(C)O3)ccc12. The Kier molecular flexibility index (Phi) is 15.8. The first-order valence-electron chi connectivity index (χ1n) is 23.8. The summed E-state index contributed by atoms with van der Waals surface area (Å²) in [5.41, 5.74) is 2.46. The fourth-order valence-electron chi connectivity index (χ4n) is 8.50. The van der Waals surface area contributed by atoms with Crippen LogP contribution >= 0.6 is 0 Å². The van der Waals surface area contributed by atoms with Gasteiger partial charge in [-0.2, -0.15) is 0 Å². The molecule has 6 nitrogen and oxygen atoms in total. The topological polar surface area (TPSA) is 55.4 Å². The van der Waals surface area contributed by atoms with Gasteiger partial charge in [0.05, 0.1) is 35.6 Å². The molecular weight excluding hydrogens is 742 g/mol. The molecule has 2 aliphatic heterocycles. The molecule has 0 radical (unpaired) electrons. The second-order valence-corrected chi connectivity index (χ2v) is 19.7. The molecule has 0 unspecified atom stereocenters. The zero-order valence-electron chi connectivity index (χ0n) is 39.1. The van der Waals surface area contributed by atoms with Crippen LogP contribution in [0.15, 0.2) is 60.7 Å². The first kappa shape index (κ1) is 46.5. The summed E-state index contributed by atoms with van der Waals surface area (Å²) in [6.45, 7) is 22.8. The molecule has 0 saturated carbocycles. The van der Waals surface area contributed by atoms with Gasteiger partial charge in [-0.25, -0.2) is 0 Å². The predicted molar refractivity (Wildman–Crippen MR) is 255 cm³/mol. The summed E-state index contributed by atoms with van der Waals surface area (Å²) in [7, 11) is -0.894. The Hall–Kier alpha value is -3.03. The monoisotopic (exact) mass is 819 g/mol. The van der Waals surface area contributed by atoms with Crippen molar-refractivity contribution in [3.8, 4) is 22.6 Å². The molecule has 2 saturated heterocycles. The zero-order chi connectivity index (χ0) is 43.0. The molecule has 0 aliphatic carbocycles. The van der Waals surface area contributed by atoms with Crippen LogP contribution in [0.4, 0.5) is 0 Å². The largest absolute Gasteiger partial charge is 0.494 e. The zero-order valence-corrected chi connectivity index (χ0v) is 39.1. The fourth-order valence-corrected chi connectivity index (χ4v) is 8.50. The molecule has 0 bridgehead atoms. The van der Waals surface area contributed by atoms with Crippen LogP contribution in [0, 0.1) is 0 Å². The van der Waals surface area contributed by atoms with Crippen LogP contribution in [0.3, 0.4) is 0 Å². The molecule has 0 atom stereocenters. The maximum absolute atomic E-state index is 6.84. The summed E-state index contributed by atoms with van der Waals surface area (Å²) in [5.74, 6) is 1.77. The highest BCUT2D eigenvalue weighted by molar-refractivity contribution is 6.63. The predicted octanol–water partition coefficient (Wildman–Crippen LogP) is 13.3. The number of unbranched alkanes of at least 4 members (excludes halogenated alkanes) is 14. The van der Waals surface area contributed by atoms with Crippen LogP contribution in [0.2, 0.25) is 0 Å². The molecule has 6 rings (SSSR count). The second kappa shape index (κ2) is 20.4. The first-order valence-corrected chi connectivity index (χ1v) is 23.8. The van der Waals surface area contributed by atoms with E-state index in [0.29, 0.717) is 13.2 Å². The normalized spacial score (nSPS) is 17.9. The Morgan fingerprint density at radius 3 is 1.05 bits per heavy atom. The van der Waals surface area contributed by atoms with Gasteiger partial charge in [0.15, 0.2) is 0 Å². The highest BCUT2D eigenvalue weighted by atomic mass is 16.7. The lowest BCUT2D eigenvalue weighted by Gasteiger charge is -2.32. The number of ether oxygens (including phenoxy) is 2. The van der Waals surface area contributed by atoms with E-state index in [1.807, 2.05) is 0 Å². The van der Waals surface area contributed by atoms with Crippen molar-refractivity contribution in [3.05, 3.63) is 60.7 Å². The van der Waals surface area contributed by atoms with E-state index in [0.717, 1.165) is 67.9 Å². The molecule has 4 aromatic carbocycles. The van der Waals surface area contributed by atoms with Crippen molar-refractivity contribution in [1.82, 2.24) is 0 Å². The molecule has 8 heteroatoms. The Morgan fingerprint density at radius 2 is 0.717 bits per heavy atom. The van der Waals surface area contributed by atoms with E-state index in [2.05, 4.69) is 130 Å². The summed E-state index contributed by atoms with van der Waals surface area (Å²) in [5, 5.41) is 4.44. The van der Waals surface area contributed by atoms with E-state index in [4.69, 9.17) is 28.1 Å². The molecule has 60 heavy (non-hydrogen) atoms. The van der Waals surface area contributed by atoms with Gasteiger partial charge >= 0.3 is 14.2 Å². The summed E-state index contributed by atoms with van der Waals surface area (Å²) in [6.07, 6.45) is 20.1. The van der Waals surface area contributed by atoms with Gasteiger partial charge in [-0.05, 0) is 113 Å². The van der Waals surface area contributed by atoms with E-state index in [1.54, 1.807) is 0 Å². The lowest BCUT2D eigenvalue weighted by atomic mass is 9.77. The van der Waals surface area contributed by atoms with Gasteiger partial charge in [0, 0.05) is 11.1 Å². The molecule has 2 heterocycles. The van der Waals surface area contributed by atoms with Crippen LogP contribution < -0.4 is 20.4 Å². The van der Waals surface area contributed by atoms with Crippen LogP contribution in [0.25, 0.3) is 32.7 Å². The average molecular weight is 819 g/mol. The van der Waals surface area contributed by atoms with Crippen LogP contribution in [-0.2, 0) is 18.6 Å². The molecule has 0 spiro atoms. The molecule has 0 amide bonds. The van der Waals surface area contributed by atoms with Gasteiger partial charge in [0.2, 0.25) is 0 Å². The lowest BCUT2D eigenvalue weighted by Crippen LogP contribution is -2.41. The van der Waals surface area contributed by atoms with Gasteiger partial charge in [-0.15, -0.1) is 0 Å². The maximum Gasteiger partial charge on any atom is 0.494 e. The van der Waals surface area contributed by atoms with E-state index in [9.17, 15) is 0 Å². The van der Waals surface area contributed by atoms with E-state index in [-0.39, 0.29) is 0 Å².